The summed E-state index contributed by atoms with van der Waals surface area (Å²) in [4.78, 5) is 9.88. The Morgan fingerprint density at radius 1 is 1.31 bits per heavy atom. The van der Waals surface area contributed by atoms with Crippen molar-refractivity contribution in [3.8, 4) is 0 Å². The maximum absolute atomic E-state index is 9.88. The van der Waals surface area contributed by atoms with Crippen LogP contribution in [0.15, 0.2) is 30.3 Å². The van der Waals surface area contributed by atoms with E-state index in [-0.39, 0.29) is 0 Å². The molecular weight excluding hydrogens is 200 g/mol. The van der Waals surface area contributed by atoms with E-state index in [9.17, 15) is 4.79 Å². The summed E-state index contributed by atoms with van der Waals surface area (Å²) in [7, 11) is 0. The maximum atomic E-state index is 9.88. The van der Waals surface area contributed by atoms with Crippen LogP contribution in [0.4, 0.5) is 0 Å². The highest BCUT2D eigenvalue weighted by molar-refractivity contribution is 5.45. The summed E-state index contributed by atoms with van der Waals surface area (Å²) in [6.07, 6.45) is 4.01. The van der Waals surface area contributed by atoms with Crippen LogP contribution in [-0.2, 0) is 11.2 Å². The first-order valence-corrected chi connectivity index (χ1v) is 5.76. The van der Waals surface area contributed by atoms with Crippen LogP contribution in [0, 0.1) is 0 Å². The predicted octanol–water partition coefficient (Wildman–Crippen LogP) is 1.72. The van der Waals surface area contributed by atoms with Crippen LogP contribution in [-0.4, -0.2) is 19.5 Å². The molecule has 0 radical (unpaired) electrons. The molecule has 0 saturated carbocycles. The van der Waals surface area contributed by atoms with Gasteiger partial charge in [-0.3, -0.25) is 4.79 Å². The molecule has 0 spiro atoms. The molecule has 16 heavy (non-hydrogen) atoms. The van der Waals surface area contributed by atoms with Crippen molar-refractivity contribution in [3.05, 3.63) is 35.9 Å². The minimum atomic E-state index is 0.716. The molecule has 0 saturated heterocycles. The Morgan fingerprint density at radius 2 is 2.00 bits per heavy atom. The maximum Gasteiger partial charge on any atom is 0.207 e. The third-order valence-corrected chi connectivity index (χ3v) is 2.04. The zero-order valence-electron chi connectivity index (χ0n) is 9.99. The highest BCUT2D eigenvalue weighted by atomic mass is 16.1. The lowest BCUT2D eigenvalue weighted by atomic mass is 10.2. The molecule has 0 unspecified atom stereocenters. The van der Waals surface area contributed by atoms with Crippen LogP contribution in [0.1, 0.15) is 25.3 Å². The topological polar surface area (TPSA) is 55.1 Å². The lowest BCUT2D eigenvalue weighted by Gasteiger charge is -1.98. The summed E-state index contributed by atoms with van der Waals surface area (Å²) < 4.78 is 0. The molecule has 0 atom stereocenters. The number of carbonyl (C=O) groups is 1. The fourth-order valence-corrected chi connectivity index (χ4v) is 1.12. The van der Waals surface area contributed by atoms with Gasteiger partial charge in [-0.1, -0.05) is 43.7 Å². The number of nitrogens with one attached hydrogen (secondary N) is 1. The minimum Gasteiger partial charge on any atom is -0.358 e. The van der Waals surface area contributed by atoms with E-state index in [1.165, 1.54) is 18.4 Å². The van der Waals surface area contributed by atoms with Crippen LogP contribution in [0.2, 0.25) is 0 Å². The van der Waals surface area contributed by atoms with E-state index < -0.39 is 0 Å². The monoisotopic (exact) mass is 222 g/mol. The Balaban J connectivity index is 0.000000385. The van der Waals surface area contributed by atoms with E-state index in [1.807, 2.05) is 30.3 Å². The van der Waals surface area contributed by atoms with E-state index in [2.05, 4.69) is 12.2 Å². The van der Waals surface area contributed by atoms with Gasteiger partial charge >= 0.3 is 0 Å². The Labute approximate surface area is 98.0 Å². The van der Waals surface area contributed by atoms with Crippen molar-refractivity contribution >= 4 is 6.41 Å². The second kappa shape index (κ2) is 11.7. The van der Waals surface area contributed by atoms with Crippen LogP contribution >= 0.6 is 0 Å². The number of unbranched alkanes of at least 4 members (excludes halogenated alkanes) is 1. The Hall–Kier alpha value is -1.35. The highest BCUT2D eigenvalue weighted by Crippen LogP contribution is 1.97. The number of benzene rings is 1. The van der Waals surface area contributed by atoms with Crippen LogP contribution < -0.4 is 11.1 Å². The largest absolute Gasteiger partial charge is 0.358 e. The number of hydrogen-bond acceptors (Lipinski definition) is 2. The van der Waals surface area contributed by atoms with Gasteiger partial charge in [0.2, 0.25) is 6.41 Å². The van der Waals surface area contributed by atoms with E-state index in [4.69, 9.17) is 5.73 Å². The second-order valence-corrected chi connectivity index (χ2v) is 3.45. The van der Waals surface area contributed by atoms with Gasteiger partial charge in [-0.15, -0.1) is 0 Å². The summed E-state index contributed by atoms with van der Waals surface area (Å²) in [5, 5.41) is 2.62. The Bertz CT molecular complexity index is 247. The number of carbonyl (C=O) groups excluding carboxylic acids is 1. The molecule has 1 rings (SSSR count). The third kappa shape index (κ3) is 9.21. The molecule has 3 N–H and O–H groups in total. The molecule has 0 bridgehead atoms. The van der Waals surface area contributed by atoms with Crippen molar-refractivity contribution in [2.45, 2.75) is 26.2 Å². The van der Waals surface area contributed by atoms with Gasteiger partial charge in [0.1, 0.15) is 0 Å². The quantitative estimate of drug-likeness (QED) is 0.569. The number of rotatable bonds is 6. The molecule has 0 heterocycles. The van der Waals surface area contributed by atoms with E-state index in [1.54, 1.807) is 0 Å². The van der Waals surface area contributed by atoms with Crippen LogP contribution in [0.25, 0.3) is 0 Å². The highest BCUT2D eigenvalue weighted by Gasteiger charge is 1.88. The molecule has 0 aliphatic carbocycles. The van der Waals surface area contributed by atoms with Crippen molar-refractivity contribution in [1.82, 2.24) is 5.32 Å². The van der Waals surface area contributed by atoms with Gasteiger partial charge in [0, 0.05) is 6.54 Å². The zero-order valence-corrected chi connectivity index (χ0v) is 9.99. The first-order chi connectivity index (χ1) is 7.85. The van der Waals surface area contributed by atoms with Gasteiger partial charge in [-0.25, -0.2) is 0 Å². The van der Waals surface area contributed by atoms with Crippen molar-refractivity contribution in [1.29, 1.82) is 0 Å². The minimum absolute atomic E-state index is 0.716. The molecule has 1 amide bonds. The number of hydrogen-bond donors (Lipinski definition) is 2. The normalized spacial score (nSPS) is 8.88. The first kappa shape index (κ1) is 14.6. The molecule has 3 nitrogen and oxygen atoms in total. The van der Waals surface area contributed by atoms with Crippen molar-refractivity contribution in [2.24, 2.45) is 5.73 Å². The molecule has 90 valence electrons. The lowest BCUT2D eigenvalue weighted by Crippen LogP contribution is -2.14. The molecular formula is C13H22N2O. The molecule has 1 aromatic rings. The van der Waals surface area contributed by atoms with Gasteiger partial charge in [0.05, 0.1) is 0 Å². The van der Waals surface area contributed by atoms with Gasteiger partial charge in [0.25, 0.3) is 0 Å². The van der Waals surface area contributed by atoms with E-state index >= 15 is 0 Å². The summed E-state index contributed by atoms with van der Waals surface area (Å²) >= 11 is 0. The van der Waals surface area contributed by atoms with Gasteiger partial charge in [-0.05, 0) is 24.9 Å². The number of amides is 1. The molecule has 0 aliphatic rings. The average molecular weight is 222 g/mol. The van der Waals surface area contributed by atoms with Gasteiger partial charge < -0.3 is 11.1 Å². The third-order valence-electron chi connectivity index (χ3n) is 2.04. The Morgan fingerprint density at radius 3 is 2.44 bits per heavy atom. The molecule has 0 aromatic heterocycles. The van der Waals surface area contributed by atoms with Gasteiger partial charge in [0.15, 0.2) is 0 Å². The van der Waals surface area contributed by atoms with E-state index in [0.29, 0.717) is 6.54 Å². The van der Waals surface area contributed by atoms with Crippen LogP contribution in [0.5, 0.6) is 0 Å². The molecule has 3 heteroatoms. The molecule has 0 aliphatic heterocycles. The summed E-state index contributed by atoms with van der Waals surface area (Å²) in [5.74, 6) is 0. The van der Waals surface area contributed by atoms with Gasteiger partial charge in [-0.2, -0.15) is 0 Å². The van der Waals surface area contributed by atoms with Crippen molar-refractivity contribution in [2.75, 3.05) is 13.1 Å². The predicted molar refractivity (Wildman–Crippen MR) is 68.2 cm³/mol. The fourth-order valence-electron chi connectivity index (χ4n) is 1.12. The van der Waals surface area contributed by atoms with Crippen molar-refractivity contribution in [3.63, 3.8) is 0 Å². The molecule has 1 aromatic carbocycles. The second-order valence-electron chi connectivity index (χ2n) is 3.45. The zero-order chi connectivity index (χ0) is 12.1. The standard InChI is InChI=1S/C9H11NO.C4H11N/c11-8-10-7-6-9-4-2-1-3-5-9;1-2-3-4-5/h1-5,8H,6-7H2,(H,10,11);2-5H2,1H3. The number of nitrogens with two attached hydrogens (primary N) is 1. The summed E-state index contributed by atoms with van der Waals surface area (Å²) in [6, 6.07) is 10.1. The summed E-state index contributed by atoms with van der Waals surface area (Å²) in [5.41, 5.74) is 6.39. The Kier molecular flexibility index (Phi) is 10.7. The van der Waals surface area contributed by atoms with Crippen molar-refractivity contribution < 1.29 is 4.79 Å². The van der Waals surface area contributed by atoms with Crippen LogP contribution in [0.3, 0.4) is 0 Å². The average Bonchev–Trinajstić information content (AvgIpc) is 2.33. The SMILES string of the molecule is CCCCN.O=CNCCc1ccccc1. The smallest absolute Gasteiger partial charge is 0.207 e. The first-order valence-electron chi connectivity index (χ1n) is 5.76. The fraction of sp³-hybridized carbons (Fsp3) is 0.462. The molecule has 0 fully saturated rings. The van der Waals surface area contributed by atoms with E-state index in [0.717, 1.165) is 19.4 Å². The lowest BCUT2D eigenvalue weighted by molar-refractivity contribution is -0.109. The summed E-state index contributed by atoms with van der Waals surface area (Å²) in [6.45, 7) is 3.69.